The maximum Gasteiger partial charge on any atom is 0.269 e. The van der Waals surface area contributed by atoms with Crippen LogP contribution < -0.4 is 20.5 Å². The van der Waals surface area contributed by atoms with Crippen molar-refractivity contribution in [3.63, 3.8) is 0 Å². The molecule has 9 heteroatoms. The van der Waals surface area contributed by atoms with Crippen molar-refractivity contribution in [2.45, 2.75) is 51.3 Å². The van der Waals surface area contributed by atoms with Crippen molar-refractivity contribution in [2.75, 3.05) is 24.5 Å². The molecule has 8 nitrogen and oxygen atoms in total. The van der Waals surface area contributed by atoms with Gasteiger partial charge in [0.25, 0.3) is 5.91 Å². The second-order valence-corrected chi connectivity index (χ2v) is 10.4. The standard InChI is InChI=1S/C24H34N4O4S/c1-6-28(7-2)20-12-8-18(9-13-20)23(30)27-26-22(29)16-17-25-33(31,32)21-14-10-19(11-15-21)24(3,4)5/h8-15,25H,6-7,16-17H2,1-5H3,(H,26,29)(H,27,30). The van der Waals surface area contributed by atoms with Crippen molar-refractivity contribution in [3.8, 4) is 0 Å². The maximum atomic E-state index is 12.4. The van der Waals surface area contributed by atoms with Crippen molar-refractivity contribution < 1.29 is 18.0 Å². The average Bonchev–Trinajstić information content (AvgIpc) is 2.78. The third-order valence-electron chi connectivity index (χ3n) is 5.25. The van der Waals surface area contributed by atoms with Crippen molar-refractivity contribution in [3.05, 3.63) is 59.7 Å². The summed E-state index contributed by atoms with van der Waals surface area (Å²) in [4.78, 5) is 26.5. The molecule has 0 aromatic heterocycles. The molecule has 0 heterocycles. The van der Waals surface area contributed by atoms with E-state index < -0.39 is 21.8 Å². The first-order chi connectivity index (χ1) is 15.5. The first-order valence-corrected chi connectivity index (χ1v) is 12.5. The molecule has 2 amide bonds. The Labute approximate surface area is 196 Å². The second kappa shape index (κ2) is 11.3. The number of nitrogens with one attached hydrogen (secondary N) is 3. The van der Waals surface area contributed by atoms with E-state index in [1.165, 1.54) is 0 Å². The molecule has 0 aliphatic carbocycles. The summed E-state index contributed by atoms with van der Waals surface area (Å²) < 4.78 is 27.3. The zero-order chi connectivity index (χ0) is 24.6. The Bertz CT molecular complexity index is 1040. The van der Waals surface area contributed by atoms with Crippen LogP contribution in [0, 0.1) is 0 Å². The number of sulfonamides is 1. The molecule has 2 aromatic carbocycles. The van der Waals surface area contributed by atoms with E-state index >= 15 is 0 Å². The Kier molecular flexibility index (Phi) is 9.01. The van der Waals surface area contributed by atoms with Crippen LogP contribution in [0.3, 0.4) is 0 Å². The SMILES string of the molecule is CCN(CC)c1ccc(C(=O)NNC(=O)CCNS(=O)(=O)c2ccc(C(C)(C)C)cc2)cc1. The lowest BCUT2D eigenvalue weighted by molar-refractivity contribution is -0.121. The lowest BCUT2D eigenvalue weighted by atomic mass is 9.87. The number of hydrogen-bond acceptors (Lipinski definition) is 5. The minimum atomic E-state index is -3.73. The van der Waals surface area contributed by atoms with E-state index in [0.29, 0.717) is 5.56 Å². The van der Waals surface area contributed by atoms with E-state index in [9.17, 15) is 18.0 Å². The van der Waals surface area contributed by atoms with Gasteiger partial charge in [-0.2, -0.15) is 0 Å². The summed E-state index contributed by atoms with van der Waals surface area (Å²) in [6, 6.07) is 13.8. The van der Waals surface area contributed by atoms with Crippen molar-refractivity contribution in [1.29, 1.82) is 0 Å². The first-order valence-electron chi connectivity index (χ1n) is 11.0. The summed E-state index contributed by atoms with van der Waals surface area (Å²) in [6.45, 7) is 11.9. The van der Waals surface area contributed by atoms with E-state index in [4.69, 9.17) is 0 Å². The van der Waals surface area contributed by atoms with Crippen LogP contribution in [0.15, 0.2) is 53.4 Å². The number of nitrogens with zero attached hydrogens (tertiary/aromatic N) is 1. The van der Waals surface area contributed by atoms with E-state index in [1.54, 1.807) is 36.4 Å². The van der Waals surface area contributed by atoms with Crippen LogP contribution in [0.4, 0.5) is 5.69 Å². The van der Waals surface area contributed by atoms with Gasteiger partial charge >= 0.3 is 0 Å². The maximum absolute atomic E-state index is 12.4. The van der Waals surface area contributed by atoms with Crippen LogP contribution >= 0.6 is 0 Å². The van der Waals surface area contributed by atoms with Crippen LogP contribution in [0.2, 0.25) is 0 Å². The number of hydrogen-bond donors (Lipinski definition) is 3. The second-order valence-electron chi connectivity index (χ2n) is 8.64. The Morgan fingerprint density at radius 2 is 1.45 bits per heavy atom. The first kappa shape index (κ1) is 26.3. The zero-order valence-electron chi connectivity index (χ0n) is 19.9. The highest BCUT2D eigenvalue weighted by Crippen LogP contribution is 2.23. The molecule has 2 aromatic rings. The van der Waals surface area contributed by atoms with Crippen LogP contribution in [0.25, 0.3) is 0 Å². The lowest BCUT2D eigenvalue weighted by Crippen LogP contribution is -2.42. The van der Waals surface area contributed by atoms with E-state index in [0.717, 1.165) is 24.3 Å². The summed E-state index contributed by atoms with van der Waals surface area (Å²) in [7, 11) is -3.73. The third-order valence-corrected chi connectivity index (χ3v) is 6.73. The number of amides is 2. The molecule has 0 saturated carbocycles. The molecule has 0 bridgehead atoms. The topological polar surface area (TPSA) is 108 Å². The molecule has 0 unspecified atom stereocenters. The van der Waals surface area contributed by atoms with Gasteiger partial charge in [-0.3, -0.25) is 20.4 Å². The summed E-state index contributed by atoms with van der Waals surface area (Å²) in [5.74, 6) is -0.956. The zero-order valence-corrected chi connectivity index (χ0v) is 20.8. The van der Waals surface area contributed by atoms with Gasteiger partial charge in [0.2, 0.25) is 15.9 Å². The number of carbonyl (C=O) groups is 2. The molecule has 0 aliphatic heterocycles. The van der Waals surface area contributed by atoms with Gasteiger partial charge in [0.15, 0.2) is 0 Å². The fraction of sp³-hybridized carbons (Fsp3) is 0.417. The highest BCUT2D eigenvalue weighted by molar-refractivity contribution is 7.89. The molecular weight excluding hydrogens is 440 g/mol. The molecule has 0 saturated heterocycles. The lowest BCUT2D eigenvalue weighted by Gasteiger charge is -2.21. The number of benzene rings is 2. The smallest absolute Gasteiger partial charge is 0.269 e. The van der Waals surface area contributed by atoms with Gasteiger partial charge in [0.1, 0.15) is 0 Å². The minimum absolute atomic E-state index is 0.0777. The van der Waals surface area contributed by atoms with Crippen molar-refractivity contribution >= 4 is 27.5 Å². The Balaban J connectivity index is 1.81. The largest absolute Gasteiger partial charge is 0.372 e. The molecule has 0 atom stereocenters. The van der Waals surface area contributed by atoms with Gasteiger partial charge < -0.3 is 4.90 Å². The normalized spacial score (nSPS) is 11.7. The Morgan fingerprint density at radius 3 is 1.97 bits per heavy atom. The average molecular weight is 475 g/mol. The molecule has 33 heavy (non-hydrogen) atoms. The number of anilines is 1. The Hall–Kier alpha value is -2.91. The van der Waals surface area contributed by atoms with E-state index in [2.05, 4.69) is 34.3 Å². The van der Waals surface area contributed by atoms with Crippen LogP contribution in [-0.4, -0.2) is 39.9 Å². The molecule has 2 rings (SSSR count). The highest BCUT2D eigenvalue weighted by Gasteiger charge is 2.18. The molecule has 0 radical (unpaired) electrons. The van der Waals surface area contributed by atoms with E-state index in [1.807, 2.05) is 32.9 Å². The molecule has 3 N–H and O–H groups in total. The molecule has 180 valence electrons. The highest BCUT2D eigenvalue weighted by atomic mass is 32.2. The number of rotatable bonds is 9. The fourth-order valence-electron chi connectivity index (χ4n) is 3.19. The molecule has 0 aliphatic rings. The van der Waals surface area contributed by atoms with Gasteiger partial charge in [-0.1, -0.05) is 32.9 Å². The summed E-state index contributed by atoms with van der Waals surface area (Å²) >= 11 is 0. The van der Waals surface area contributed by atoms with Crippen molar-refractivity contribution in [1.82, 2.24) is 15.6 Å². The molecule has 0 spiro atoms. The fourth-order valence-corrected chi connectivity index (χ4v) is 4.22. The summed E-state index contributed by atoms with van der Waals surface area (Å²) in [6.07, 6.45) is -0.125. The minimum Gasteiger partial charge on any atom is -0.372 e. The number of hydrazine groups is 1. The molecular formula is C24H34N4O4S. The van der Waals surface area contributed by atoms with Gasteiger partial charge in [0, 0.05) is 37.3 Å². The monoisotopic (exact) mass is 474 g/mol. The van der Waals surface area contributed by atoms with Crippen LogP contribution in [-0.2, 0) is 20.2 Å². The summed E-state index contributed by atoms with van der Waals surface area (Å²) in [5.41, 5.74) is 7.02. The molecule has 0 fully saturated rings. The van der Waals surface area contributed by atoms with Crippen molar-refractivity contribution in [2.24, 2.45) is 0 Å². The quantitative estimate of drug-likeness (QED) is 0.485. The van der Waals surface area contributed by atoms with Gasteiger partial charge in [-0.15, -0.1) is 0 Å². The van der Waals surface area contributed by atoms with E-state index in [-0.39, 0.29) is 23.3 Å². The summed E-state index contributed by atoms with van der Waals surface area (Å²) in [5, 5.41) is 0. The third kappa shape index (κ3) is 7.57. The van der Waals surface area contributed by atoms with Gasteiger partial charge in [0.05, 0.1) is 4.90 Å². The predicted molar refractivity (Wildman–Crippen MR) is 131 cm³/mol. The van der Waals surface area contributed by atoms with Crippen LogP contribution in [0.1, 0.15) is 57.0 Å². The van der Waals surface area contributed by atoms with Gasteiger partial charge in [-0.05, 0) is 61.2 Å². The number of carbonyl (C=O) groups excluding carboxylic acids is 2. The van der Waals surface area contributed by atoms with Gasteiger partial charge in [-0.25, -0.2) is 13.1 Å². The van der Waals surface area contributed by atoms with Crippen LogP contribution in [0.5, 0.6) is 0 Å². The predicted octanol–water partition coefficient (Wildman–Crippen LogP) is 2.96. The Morgan fingerprint density at radius 1 is 0.879 bits per heavy atom.